The molecule has 0 spiro atoms. The topological polar surface area (TPSA) is 87.5 Å². The van der Waals surface area contributed by atoms with Crippen LogP contribution in [0.1, 0.15) is 25.7 Å². The van der Waals surface area contributed by atoms with E-state index in [9.17, 15) is 9.59 Å². The van der Waals surface area contributed by atoms with Crippen molar-refractivity contribution in [1.82, 2.24) is 5.32 Å². The molecule has 1 saturated carbocycles. The minimum atomic E-state index is -0.0845. The van der Waals surface area contributed by atoms with Crippen molar-refractivity contribution in [2.24, 2.45) is 17.6 Å². The molecule has 0 radical (unpaired) electrons. The van der Waals surface area contributed by atoms with E-state index in [-0.39, 0.29) is 23.8 Å². The predicted octanol–water partition coefficient (Wildman–Crippen LogP) is 1.92. The van der Waals surface area contributed by atoms with Gasteiger partial charge in [-0.1, -0.05) is 12.5 Å². The summed E-state index contributed by atoms with van der Waals surface area (Å²) < 4.78 is 0. The van der Waals surface area contributed by atoms with Crippen molar-refractivity contribution in [2.75, 3.05) is 29.9 Å². The number of carbonyl (C=O) groups is 2. The quantitative estimate of drug-likeness (QED) is 0.793. The highest BCUT2D eigenvalue weighted by Crippen LogP contribution is 2.32. The van der Waals surface area contributed by atoms with Crippen LogP contribution in [0, 0.1) is 11.8 Å². The van der Waals surface area contributed by atoms with Crippen molar-refractivity contribution in [1.29, 1.82) is 0 Å². The Morgan fingerprint density at radius 2 is 2.22 bits per heavy atom. The number of urea groups is 1. The number of rotatable bonds is 4. The van der Waals surface area contributed by atoms with Crippen LogP contribution in [0.2, 0.25) is 0 Å². The van der Waals surface area contributed by atoms with Gasteiger partial charge in [-0.25, -0.2) is 4.79 Å². The molecule has 124 valence electrons. The Morgan fingerprint density at radius 1 is 1.35 bits per heavy atom. The fourth-order valence-corrected chi connectivity index (χ4v) is 3.53. The van der Waals surface area contributed by atoms with Gasteiger partial charge < -0.3 is 16.4 Å². The number of nitrogens with two attached hydrogens (primary N) is 1. The molecule has 0 aromatic heterocycles. The Balaban J connectivity index is 1.70. The molecule has 3 rings (SSSR count). The summed E-state index contributed by atoms with van der Waals surface area (Å²) in [5.74, 6) is 0.325. The molecule has 6 heteroatoms. The summed E-state index contributed by atoms with van der Waals surface area (Å²) in [7, 11) is 0. The third-order valence-corrected chi connectivity index (χ3v) is 4.80. The summed E-state index contributed by atoms with van der Waals surface area (Å²) in [6.45, 7) is 1.97. The van der Waals surface area contributed by atoms with Crippen LogP contribution in [0.15, 0.2) is 24.3 Å². The van der Waals surface area contributed by atoms with Gasteiger partial charge in [0.2, 0.25) is 5.91 Å². The maximum atomic E-state index is 12.5. The lowest BCUT2D eigenvalue weighted by Gasteiger charge is -2.28. The highest BCUT2D eigenvalue weighted by molar-refractivity contribution is 5.96. The summed E-state index contributed by atoms with van der Waals surface area (Å²) in [4.78, 5) is 26.1. The van der Waals surface area contributed by atoms with E-state index >= 15 is 0 Å². The zero-order chi connectivity index (χ0) is 16.2. The average Bonchev–Trinajstić information content (AvgIpc) is 3.04. The molecule has 2 atom stereocenters. The molecule has 1 saturated heterocycles. The van der Waals surface area contributed by atoms with Crippen LogP contribution >= 0.6 is 0 Å². The van der Waals surface area contributed by atoms with Crippen LogP contribution in [0.4, 0.5) is 16.2 Å². The van der Waals surface area contributed by atoms with Crippen molar-refractivity contribution in [3.8, 4) is 0 Å². The zero-order valence-electron chi connectivity index (χ0n) is 13.3. The lowest BCUT2D eigenvalue weighted by molar-refractivity contribution is -0.120. The molecule has 0 unspecified atom stereocenters. The lowest BCUT2D eigenvalue weighted by Crippen LogP contribution is -2.46. The first kappa shape index (κ1) is 15.8. The molecule has 0 bridgehead atoms. The summed E-state index contributed by atoms with van der Waals surface area (Å²) in [5.41, 5.74) is 7.30. The number of carbonyl (C=O) groups excluding carboxylic acids is 2. The number of benzene rings is 1. The van der Waals surface area contributed by atoms with Crippen molar-refractivity contribution >= 4 is 23.3 Å². The standard InChI is InChI=1S/C17H24N4O2/c18-11-12-4-1-7-15(12)16(22)20-13-5-2-6-14(10-13)21-9-3-8-19-17(21)23/h2,5-6,10,12,15H,1,3-4,7-9,11,18H2,(H,19,23)(H,20,22)/t12-,15-/m1/s1. The molecule has 1 heterocycles. The van der Waals surface area contributed by atoms with Crippen LogP contribution in [-0.2, 0) is 4.79 Å². The third kappa shape index (κ3) is 3.47. The van der Waals surface area contributed by atoms with E-state index in [1.54, 1.807) is 4.90 Å². The number of amides is 3. The van der Waals surface area contributed by atoms with E-state index in [4.69, 9.17) is 5.73 Å². The molecule has 1 aromatic carbocycles. The van der Waals surface area contributed by atoms with E-state index in [0.29, 0.717) is 19.6 Å². The highest BCUT2D eigenvalue weighted by atomic mass is 16.2. The second kappa shape index (κ2) is 7.00. The predicted molar refractivity (Wildman–Crippen MR) is 90.3 cm³/mol. The van der Waals surface area contributed by atoms with E-state index in [1.165, 1.54) is 0 Å². The number of nitrogens with one attached hydrogen (secondary N) is 2. The monoisotopic (exact) mass is 316 g/mol. The first-order chi connectivity index (χ1) is 11.2. The van der Waals surface area contributed by atoms with Crippen molar-refractivity contribution in [2.45, 2.75) is 25.7 Å². The molecular weight excluding hydrogens is 292 g/mol. The Kier molecular flexibility index (Phi) is 4.81. The Bertz CT molecular complexity index is 590. The van der Waals surface area contributed by atoms with Crippen LogP contribution < -0.4 is 21.3 Å². The lowest BCUT2D eigenvalue weighted by atomic mass is 9.95. The van der Waals surface area contributed by atoms with Gasteiger partial charge in [-0.2, -0.15) is 0 Å². The van der Waals surface area contributed by atoms with Crippen LogP contribution in [0.3, 0.4) is 0 Å². The van der Waals surface area contributed by atoms with Gasteiger partial charge in [0.05, 0.1) is 0 Å². The highest BCUT2D eigenvalue weighted by Gasteiger charge is 2.32. The van der Waals surface area contributed by atoms with E-state index in [2.05, 4.69) is 10.6 Å². The third-order valence-electron chi connectivity index (χ3n) is 4.80. The fourth-order valence-electron chi connectivity index (χ4n) is 3.53. The molecule has 4 N–H and O–H groups in total. The van der Waals surface area contributed by atoms with Crippen molar-refractivity contribution in [3.05, 3.63) is 24.3 Å². The van der Waals surface area contributed by atoms with E-state index in [1.807, 2.05) is 24.3 Å². The van der Waals surface area contributed by atoms with E-state index in [0.717, 1.165) is 37.1 Å². The summed E-state index contributed by atoms with van der Waals surface area (Å²) in [6, 6.07) is 7.38. The molecular formula is C17H24N4O2. The second-order valence-corrected chi connectivity index (χ2v) is 6.31. The van der Waals surface area contributed by atoms with Gasteiger partial charge in [-0.05, 0) is 49.9 Å². The van der Waals surface area contributed by atoms with Gasteiger partial charge in [-0.3, -0.25) is 9.69 Å². The normalized spacial score (nSPS) is 24.4. The Labute approximate surface area is 136 Å². The minimum Gasteiger partial charge on any atom is -0.338 e. The number of hydrogen-bond donors (Lipinski definition) is 3. The molecule has 1 aliphatic heterocycles. The first-order valence-electron chi connectivity index (χ1n) is 8.35. The Hall–Kier alpha value is -2.08. The maximum Gasteiger partial charge on any atom is 0.321 e. The van der Waals surface area contributed by atoms with Gasteiger partial charge >= 0.3 is 6.03 Å². The molecule has 2 aliphatic rings. The van der Waals surface area contributed by atoms with Gasteiger partial charge in [-0.15, -0.1) is 0 Å². The van der Waals surface area contributed by atoms with Gasteiger partial charge in [0.15, 0.2) is 0 Å². The molecule has 23 heavy (non-hydrogen) atoms. The van der Waals surface area contributed by atoms with Crippen LogP contribution in [0.25, 0.3) is 0 Å². The van der Waals surface area contributed by atoms with Gasteiger partial charge in [0.25, 0.3) is 0 Å². The van der Waals surface area contributed by atoms with Crippen LogP contribution in [-0.4, -0.2) is 31.6 Å². The smallest absolute Gasteiger partial charge is 0.321 e. The number of nitrogens with zero attached hydrogens (tertiary/aromatic N) is 1. The maximum absolute atomic E-state index is 12.5. The number of hydrogen-bond acceptors (Lipinski definition) is 3. The van der Waals surface area contributed by atoms with Crippen LogP contribution in [0.5, 0.6) is 0 Å². The SMILES string of the molecule is NC[C@H]1CCC[C@H]1C(=O)Nc1cccc(N2CCCNC2=O)c1. The fraction of sp³-hybridized carbons (Fsp3) is 0.529. The van der Waals surface area contributed by atoms with E-state index < -0.39 is 0 Å². The Morgan fingerprint density at radius 3 is 3.00 bits per heavy atom. The molecule has 6 nitrogen and oxygen atoms in total. The molecule has 1 aliphatic carbocycles. The average molecular weight is 316 g/mol. The largest absolute Gasteiger partial charge is 0.338 e. The summed E-state index contributed by atoms with van der Waals surface area (Å²) in [6.07, 6.45) is 3.92. The minimum absolute atomic E-state index is 0.00180. The zero-order valence-corrected chi connectivity index (χ0v) is 13.3. The second-order valence-electron chi connectivity index (χ2n) is 6.31. The van der Waals surface area contributed by atoms with Crippen molar-refractivity contribution < 1.29 is 9.59 Å². The van der Waals surface area contributed by atoms with Crippen molar-refractivity contribution in [3.63, 3.8) is 0 Å². The van der Waals surface area contributed by atoms with Gasteiger partial charge in [0, 0.05) is 30.4 Å². The molecule has 1 aromatic rings. The molecule has 3 amide bonds. The summed E-state index contributed by atoms with van der Waals surface area (Å²) in [5, 5.41) is 5.82. The summed E-state index contributed by atoms with van der Waals surface area (Å²) >= 11 is 0. The first-order valence-corrected chi connectivity index (χ1v) is 8.35. The molecule has 2 fully saturated rings. The van der Waals surface area contributed by atoms with Gasteiger partial charge in [0.1, 0.15) is 0 Å². The number of anilines is 2.